The second-order valence-corrected chi connectivity index (χ2v) is 10.7. The molecule has 8 heteroatoms. The zero-order chi connectivity index (χ0) is 27.1. The van der Waals surface area contributed by atoms with Gasteiger partial charge in [-0.2, -0.15) is 0 Å². The van der Waals surface area contributed by atoms with Crippen LogP contribution in [0.25, 0.3) is 44.4 Å². The molecule has 0 saturated carbocycles. The number of rotatable bonds is 6. The van der Waals surface area contributed by atoms with E-state index in [1.807, 2.05) is 32.0 Å². The minimum Gasteiger partial charge on any atom is -0.355 e. The lowest BCUT2D eigenvalue weighted by Crippen LogP contribution is -1.92. The molecular formula is C30H28Cl2N4O2. The van der Waals surface area contributed by atoms with E-state index in [2.05, 4.69) is 42.0 Å². The maximum atomic E-state index is 11.6. The van der Waals surface area contributed by atoms with Crippen LogP contribution in [0.2, 0.25) is 0 Å². The van der Waals surface area contributed by atoms with Crippen molar-refractivity contribution in [2.24, 2.45) is 0 Å². The molecule has 0 aliphatic carbocycles. The van der Waals surface area contributed by atoms with Crippen LogP contribution in [-0.2, 0) is 9.59 Å². The maximum absolute atomic E-state index is 11.6. The minimum atomic E-state index is -0.387. The number of aromatic nitrogens is 4. The van der Waals surface area contributed by atoms with Gasteiger partial charge in [0.2, 0.25) is 10.5 Å². The molecule has 8 bridgehead atoms. The van der Waals surface area contributed by atoms with Gasteiger partial charge in [-0.1, -0.05) is 0 Å². The van der Waals surface area contributed by atoms with E-state index < -0.39 is 0 Å². The number of hydrogen-bond acceptors (Lipinski definition) is 4. The molecule has 3 aromatic heterocycles. The third kappa shape index (κ3) is 5.24. The van der Waals surface area contributed by atoms with Crippen LogP contribution in [0.15, 0.2) is 36.4 Å². The van der Waals surface area contributed by atoms with Crippen molar-refractivity contribution in [3.05, 3.63) is 70.3 Å². The molecule has 38 heavy (non-hydrogen) atoms. The highest BCUT2D eigenvalue weighted by molar-refractivity contribution is 6.63. The number of nitrogens with zero attached hydrogens (tertiary/aromatic N) is 2. The van der Waals surface area contributed by atoms with E-state index in [0.29, 0.717) is 12.8 Å². The monoisotopic (exact) mass is 546 g/mol. The Morgan fingerprint density at radius 1 is 0.632 bits per heavy atom. The first-order chi connectivity index (χ1) is 18.1. The number of carbonyl (C=O) groups excluding carboxylic acids is 2. The van der Waals surface area contributed by atoms with Gasteiger partial charge in [0.15, 0.2) is 0 Å². The van der Waals surface area contributed by atoms with Gasteiger partial charge in [-0.15, -0.1) is 0 Å². The topological polar surface area (TPSA) is 91.5 Å². The predicted octanol–water partition coefficient (Wildman–Crippen LogP) is 7.88. The van der Waals surface area contributed by atoms with Gasteiger partial charge in [-0.3, -0.25) is 9.59 Å². The van der Waals surface area contributed by atoms with Crippen molar-refractivity contribution in [1.82, 2.24) is 19.9 Å². The highest BCUT2D eigenvalue weighted by Crippen LogP contribution is 2.37. The van der Waals surface area contributed by atoms with Crippen LogP contribution < -0.4 is 0 Å². The molecular weight excluding hydrogens is 519 g/mol. The normalized spacial score (nSPS) is 13.4. The summed E-state index contributed by atoms with van der Waals surface area (Å²) in [6.07, 6.45) is 1.37. The molecule has 6 nitrogen and oxygen atoms in total. The molecule has 2 aliphatic heterocycles. The Bertz CT molecular complexity index is 1720. The number of aryl methyl sites for hydroxylation is 2. The minimum absolute atomic E-state index is 0.212. The van der Waals surface area contributed by atoms with E-state index in [4.69, 9.17) is 33.2 Å². The number of fused-ring (bicyclic) bond motifs is 8. The molecule has 2 aliphatic rings. The molecule has 0 unspecified atom stereocenters. The average molecular weight is 547 g/mol. The molecule has 0 spiro atoms. The number of hydrogen-bond donors (Lipinski definition) is 2. The van der Waals surface area contributed by atoms with Gasteiger partial charge in [-0.05, 0) is 134 Å². The zero-order valence-electron chi connectivity index (χ0n) is 21.8. The van der Waals surface area contributed by atoms with Crippen LogP contribution in [0, 0.1) is 13.8 Å². The van der Waals surface area contributed by atoms with Crippen molar-refractivity contribution in [3.8, 4) is 0 Å². The Kier molecular flexibility index (Phi) is 7.12. The summed E-state index contributed by atoms with van der Waals surface area (Å²) in [5, 5.41) is -0.775. The number of nitrogens with one attached hydrogen (secondary N) is 2. The molecule has 0 amide bonds. The number of allylic oxidation sites excluding steroid dienone is 4. The first kappa shape index (κ1) is 26.1. The summed E-state index contributed by atoms with van der Waals surface area (Å²) < 4.78 is 0. The number of carbonyl (C=O) groups is 2. The van der Waals surface area contributed by atoms with Crippen LogP contribution in [0.4, 0.5) is 0 Å². The van der Waals surface area contributed by atoms with Crippen molar-refractivity contribution < 1.29 is 9.59 Å². The first-order valence-corrected chi connectivity index (χ1v) is 13.3. The van der Waals surface area contributed by atoms with Crippen LogP contribution in [0.1, 0.15) is 73.4 Å². The molecule has 194 valence electrons. The molecule has 0 saturated heterocycles. The van der Waals surface area contributed by atoms with Gasteiger partial charge >= 0.3 is 0 Å². The van der Waals surface area contributed by atoms with E-state index >= 15 is 0 Å². The van der Waals surface area contributed by atoms with Crippen LogP contribution in [0.5, 0.6) is 0 Å². The van der Waals surface area contributed by atoms with E-state index in [1.54, 1.807) is 0 Å². The highest BCUT2D eigenvalue weighted by atomic mass is 35.5. The fourth-order valence-electron chi connectivity index (χ4n) is 5.08. The average Bonchev–Trinajstić information content (AvgIpc) is 3.53. The Balaban J connectivity index is 1.84. The fraction of sp³-hybridized carbons (Fsp3) is 0.267. The molecule has 0 radical (unpaired) electrons. The zero-order valence-corrected chi connectivity index (χ0v) is 23.3. The third-order valence-corrected chi connectivity index (χ3v) is 7.59. The quantitative estimate of drug-likeness (QED) is 0.307. The van der Waals surface area contributed by atoms with Gasteiger partial charge in [0.25, 0.3) is 0 Å². The molecule has 5 heterocycles. The Hall–Kier alpha value is -3.48. The van der Waals surface area contributed by atoms with E-state index in [9.17, 15) is 9.59 Å². The van der Waals surface area contributed by atoms with Crippen molar-refractivity contribution >= 4 is 78.0 Å². The predicted molar refractivity (Wildman–Crippen MR) is 156 cm³/mol. The first-order valence-electron chi connectivity index (χ1n) is 12.6. The summed E-state index contributed by atoms with van der Waals surface area (Å²) in [7, 11) is 0. The summed E-state index contributed by atoms with van der Waals surface area (Å²) in [6, 6.07) is 12.3. The molecule has 0 aromatic carbocycles. The summed E-state index contributed by atoms with van der Waals surface area (Å²) >= 11 is 11.4. The Morgan fingerprint density at radius 3 is 1.58 bits per heavy atom. The van der Waals surface area contributed by atoms with Crippen molar-refractivity contribution in [3.63, 3.8) is 0 Å². The van der Waals surface area contributed by atoms with Crippen LogP contribution in [-0.4, -0.2) is 30.4 Å². The fourth-order valence-corrected chi connectivity index (χ4v) is 5.27. The SMILES string of the molecule is CC1=C(CCC(=O)Cl)c2cc3nc(cc4[nH]c(cc4C)cc4[nH]c(cc1n2)cc4C)C(C)=C3CCC(=O)Cl. The molecule has 0 atom stereocenters. The lowest BCUT2D eigenvalue weighted by molar-refractivity contribution is -0.112. The number of halogens is 2. The van der Waals surface area contributed by atoms with Gasteiger partial charge in [-0.25, -0.2) is 9.97 Å². The van der Waals surface area contributed by atoms with Crippen molar-refractivity contribution in [1.29, 1.82) is 0 Å². The van der Waals surface area contributed by atoms with E-state index in [1.165, 1.54) is 0 Å². The van der Waals surface area contributed by atoms with Crippen molar-refractivity contribution in [2.45, 2.75) is 53.4 Å². The van der Waals surface area contributed by atoms with Gasteiger partial charge in [0.1, 0.15) is 0 Å². The summed E-state index contributed by atoms with van der Waals surface area (Å²) in [6.45, 7) is 8.17. The second-order valence-electron chi connectivity index (χ2n) is 9.90. The molecule has 0 fully saturated rings. The highest BCUT2D eigenvalue weighted by Gasteiger charge is 2.22. The summed E-state index contributed by atoms with van der Waals surface area (Å²) in [5.41, 5.74) is 13.2. The van der Waals surface area contributed by atoms with Gasteiger partial charge < -0.3 is 9.97 Å². The van der Waals surface area contributed by atoms with Crippen molar-refractivity contribution in [2.75, 3.05) is 0 Å². The lowest BCUT2D eigenvalue weighted by Gasteiger charge is -2.05. The van der Waals surface area contributed by atoms with Crippen LogP contribution >= 0.6 is 23.2 Å². The van der Waals surface area contributed by atoms with Gasteiger partial charge in [0, 0.05) is 34.9 Å². The standard InChI is InChI=1S/C30H28Cl2N4O2/c1-15-9-20-12-25-17(3)21(5-7-29(31)37)27(35-25)14-28-22(6-8-30(32)38)18(4)26(36-28)13-24-16(2)10-19(34-24)11-23(15)33-20/h9-14,33-34H,5-8H2,1-4H3. The molecule has 2 N–H and O–H groups in total. The third-order valence-electron chi connectivity index (χ3n) is 7.22. The van der Waals surface area contributed by atoms with Crippen LogP contribution in [0.3, 0.4) is 0 Å². The molecule has 3 aromatic rings. The lowest BCUT2D eigenvalue weighted by atomic mass is 9.98. The number of aromatic amines is 2. The second kappa shape index (κ2) is 10.4. The summed E-state index contributed by atoms with van der Waals surface area (Å²) in [5.74, 6) is 0. The Labute approximate surface area is 230 Å². The maximum Gasteiger partial charge on any atom is 0.221 e. The van der Waals surface area contributed by atoms with Gasteiger partial charge in [0.05, 0.1) is 22.8 Å². The molecule has 5 rings (SSSR count). The smallest absolute Gasteiger partial charge is 0.221 e. The number of H-pyrrole nitrogens is 2. The van der Waals surface area contributed by atoms with E-state index in [-0.39, 0.29) is 23.3 Å². The summed E-state index contributed by atoms with van der Waals surface area (Å²) in [4.78, 5) is 40.2. The van der Waals surface area contributed by atoms with E-state index in [0.717, 1.165) is 78.3 Å². The Morgan fingerprint density at radius 2 is 1.08 bits per heavy atom. The largest absolute Gasteiger partial charge is 0.355 e.